The molecule has 1 saturated heterocycles. The van der Waals surface area contributed by atoms with Crippen LogP contribution in [0.1, 0.15) is 49.9 Å². The topological polar surface area (TPSA) is 104 Å². The van der Waals surface area contributed by atoms with Crippen molar-refractivity contribution in [1.82, 2.24) is 9.62 Å². The minimum atomic E-state index is -3.63. The van der Waals surface area contributed by atoms with E-state index < -0.39 is 22.0 Å². The summed E-state index contributed by atoms with van der Waals surface area (Å²) in [5, 5.41) is 9.28. The Hall–Kier alpha value is -1.93. The van der Waals surface area contributed by atoms with Crippen LogP contribution >= 0.6 is 0 Å². The first kappa shape index (κ1) is 19.4. The zero-order valence-electron chi connectivity index (χ0n) is 14.4. The van der Waals surface area contributed by atoms with Crippen LogP contribution in [0.2, 0.25) is 0 Å². The lowest BCUT2D eigenvalue weighted by Gasteiger charge is -2.33. The van der Waals surface area contributed by atoms with Crippen molar-refractivity contribution in [3.8, 4) is 0 Å². The number of hydrogen-bond acceptors (Lipinski definition) is 4. The van der Waals surface area contributed by atoms with Gasteiger partial charge in [0.05, 0.1) is 4.90 Å². The summed E-state index contributed by atoms with van der Waals surface area (Å²) in [6.45, 7) is 4.05. The molecule has 2 unspecified atom stereocenters. The van der Waals surface area contributed by atoms with Crippen molar-refractivity contribution >= 4 is 21.9 Å². The van der Waals surface area contributed by atoms with Crippen molar-refractivity contribution < 1.29 is 23.1 Å². The van der Waals surface area contributed by atoms with Crippen molar-refractivity contribution in [3.05, 3.63) is 29.8 Å². The molecule has 0 bridgehead atoms. The van der Waals surface area contributed by atoms with Gasteiger partial charge in [-0.2, -0.15) is 0 Å². The third-order valence-electron chi connectivity index (χ3n) is 4.43. The molecular weight excluding hydrogens is 344 g/mol. The molecule has 0 saturated carbocycles. The van der Waals surface area contributed by atoms with Gasteiger partial charge in [0.2, 0.25) is 10.0 Å². The van der Waals surface area contributed by atoms with E-state index in [0.717, 1.165) is 12.8 Å². The van der Waals surface area contributed by atoms with Crippen LogP contribution in [0, 0.1) is 0 Å². The largest absolute Gasteiger partial charge is 0.480 e. The van der Waals surface area contributed by atoms with Gasteiger partial charge >= 0.3 is 5.97 Å². The second-order valence-corrected chi connectivity index (χ2v) is 8.02. The van der Waals surface area contributed by atoms with Gasteiger partial charge in [0.1, 0.15) is 6.04 Å². The van der Waals surface area contributed by atoms with E-state index in [1.807, 2.05) is 6.92 Å². The number of benzene rings is 1. The predicted molar refractivity (Wildman–Crippen MR) is 92.8 cm³/mol. The van der Waals surface area contributed by atoms with Crippen molar-refractivity contribution in [2.24, 2.45) is 0 Å². The summed E-state index contributed by atoms with van der Waals surface area (Å²) in [5.41, 5.74) is 0.288. The Morgan fingerprint density at radius 3 is 2.48 bits per heavy atom. The molecule has 2 atom stereocenters. The molecule has 1 aromatic rings. The molecule has 25 heavy (non-hydrogen) atoms. The predicted octanol–water partition coefficient (Wildman–Crippen LogP) is 1.84. The molecule has 2 rings (SSSR count). The molecule has 7 nitrogen and oxygen atoms in total. The number of sulfonamides is 1. The van der Waals surface area contributed by atoms with Crippen LogP contribution in [0.5, 0.6) is 0 Å². The molecule has 8 heteroatoms. The number of amides is 1. The minimum absolute atomic E-state index is 0.0813. The van der Waals surface area contributed by atoms with Crippen LogP contribution in [0.25, 0.3) is 0 Å². The first-order chi connectivity index (χ1) is 11.8. The number of carbonyl (C=O) groups is 2. The van der Waals surface area contributed by atoms with Crippen molar-refractivity contribution in [3.63, 3.8) is 0 Å². The highest BCUT2D eigenvalue weighted by molar-refractivity contribution is 7.89. The van der Waals surface area contributed by atoms with Gasteiger partial charge in [-0.3, -0.25) is 4.79 Å². The fraction of sp³-hybridized carbons (Fsp3) is 0.529. The van der Waals surface area contributed by atoms with E-state index in [4.69, 9.17) is 0 Å². The summed E-state index contributed by atoms with van der Waals surface area (Å²) in [6, 6.07) is 4.60. The number of nitrogens with one attached hydrogen (secondary N) is 1. The maximum absolute atomic E-state index is 12.6. The minimum Gasteiger partial charge on any atom is -0.480 e. The third-order valence-corrected chi connectivity index (χ3v) is 6.03. The quantitative estimate of drug-likeness (QED) is 0.797. The number of carboxylic acids is 1. The molecule has 1 aliphatic rings. The smallest absolute Gasteiger partial charge is 0.326 e. The lowest BCUT2D eigenvalue weighted by Crippen LogP contribution is -2.48. The normalized spacial score (nSPS) is 19.4. The van der Waals surface area contributed by atoms with E-state index >= 15 is 0 Å². The van der Waals surface area contributed by atoms with Crippen LogP contribution in [0.3, 0.4) is 0 Å². The van der Waals surface area contributed by atoms with Gasteiger partial charge in [0.25, 0.3) is 5.91 Å². The first-order valence-electron chi connectivity index (χ1n) is 8.42. The second kappa shape index (κ2) is 7.97. The number of aliphatic carboxylic acids is 1. The standard InChI is InChI=1S/C17H24N2O5S/c1-3-12(2)18-25(23,24)14-9-7-13(8-10-14)16(20)19-11-5-4-6-15(19)17(21)22/h7-10,12,15,18H,3-6,11H2,1-2H3,(H,21,22). The summed E-state index contributed by atoms with van der Waals surface area (Å²) in [7, 11) is -3.63. The molecule has 0 radical (unpaired) electrons. The first-order valence-corrected chi connectivity index (χ1v) is 9.90. The Balaban J connectivity index is 2.19. The van der Waals surface area contributed by atoms with Gasteiger partial charge in [-0.15, -0.1) is 0 Å². The highest BCUT2D eigenvalue weighted by Gasteiger charge is 2.32. The van der Waals surface area contributed by atoms with Crippen LogP contribution in [-0.2, 0) is 14.8 Å². The summed E-state index contributed by atoms with van der Waals surface area (Å²) < 4.78 is 27.0. The van der Waals surface area contributed by atoms with E-state index in [1.165, 1.54) is 29.2 Å². The fourth-order valence-corrected chi connectivity index (χ4v) is 4.12. The molecule has 1 aliphatic heterocycles. The average molecular weight is 368 g/mol. The summed E-state index contributed by atoms with van der Waals surface area (Å²) >= 11 is 0. The highest BCUT2D eigenvalue weighted by atomic mass is 32.2. The zero-order valence-corrected chi connectivity index (χ0v) is 15.3. The van der Waals surface area contributed by atoms with Gasteiger partial charge in [0, 0.05) is 18.2 Å². The molecule has 2 N–H and O–H groups in total. The molecule has 0 aliphatic carbocycles. The number of likely N-dealkylation sites (tertiary alicyclic amines) is 1. The third kappa shape index (κ3) is 4.58. The molecule has 1 heterocycles. The van der Waals surface area contributed by atoms with E-state index in [2.05, 4.69) is 4.72 Å². The van der Waals surface area contributed by atoms with Gasteiger partial charge < -0.3 is 10.0 Å². The average Bonchev–Trinajstić information content (AvgIpc) is 2.60. The van der Waals surface area contributed by atoms with E-state index in [9.17, 15) is 23.1 Å². The number of carboxylic acid groups (broad SMARTS) is 1. The number of hydrogen-bond donors (Lipinski definition) is 2. The lowest BCUT2D eigenvalue weighted by atomic mass is 10.0. The molecule has 1 aromatic carbocycles. The molecule has 0 aromatic heterocycles. The second-order valence-electron chi connectivity index (χ2n) is 6.30. The fourth-order valence-electron chi connectivity index (χ4n) is 2.79. The summed E-state index contributed by atoms with van der Waals surface area (Å²) in [6.07, 6.45) is 2.65. The maximum atomic E-state index is 12.6. The lowest BCUT2D eigenvalue weighted by molar-refractivity contribution is -0.143. The Bertz CT molecular complexity index is 730. The zero-order chi connectivity index (χ0) is 18.6. The summed E-state index contributed by atoms with van der Waals surface area (Å²) in [5.74, 6) is -1.39. The molecule has 1 fully saturated rings. The van der Waals surface area contributed by atoms with Gasteiger partial charge in [0.15, 0.2) is 0 Å². The monoisotopic (exact) mass is 368 g/mol. The molecule has 1 amide bonds. The van der Waals surface area contributed by atoms with E-state index in [1.54, 1.807) is 6.92 Å². The number of piperidine rings is 1. The number of carbonyl (C=O) groups excluding carboxylic acids is 1. The molecule has 138 valence electrons. The van der Waals surface area contributed by atoms with Crippen LogP contribution in [0.15, 0.2) is 29.2 Å². The molecule has 0 spiro atoms. The van der Waals surface area contributed by atoms with E-state index in [-0.39, 0.29) is 22.4 Å². The Morgan fingerprint density at radius 1 is 1.28 bits per heavy atom. The SMILES string of the molecule is CCC(C)NS(=O)(=O)c1ccc(C(=O)N2CCCCC2C(=O)O)cc1. The Labute approximate surface area is 148 Å². The van der Waals surface area contributed by atoms with E-state index in [0.29, 0.717) is 19.4 Å². The Kier molecular flexibility index (Phi) is 6.18. The van der Waals surface area contributed by atoms with Crippen molar-refractivity contribution in [1.29, 1.82) is 0 Å². The van der Waals surface area contributed by atoms with Crippen molar-refractivity contribution in [2.45, 2.75) is 56.5 Å². The van der Waals surface area contributed by atoms with Crippen molar-refractivity contribution in [2.75, 3.05) is 6.54 Å². The van der Waals surface area contributed by atoms with Gasteiger partial charge in [-0.25, -0.2) is 17.9 Å². The maximum Gasteiger partial charge on any atom is 0.326 e. The van der Waals surface area contributed by atoms with Crippen LogP contribution in [0.4, 0.5) is 0 Å². The number of nitrogens with zero attached hydrogens (tertiary/aromatic N) is 1. The van der Waals surface area contributed by atoms with Gasteiger partial charge in [-0.05, 0) is 56.9 Å². The van der Waals surface area contributed by atoms with Crippen LogP contribution < -0.4 is 4.72 Å². The highest BCUT2D eigenvalue weighted by Crippen LogP contribution is 2.21. The van der Waals surface area contributed by atoms with Crippen LogP contribution in [-0.4, -0.2) is 48.9 Å². The Morgan fingerprint density at radius 2 is 1.92 bits per heavy atom. The number of rotatable bonds is 6. The van der Waals surface area contributed by atoms with Gasteiger partial charge in [-0.1, -0.05) is 6.92 Å². The molecular formula is C17H24N2O5S. The summed E-state index contributed by atoms with van der Waals surface area (Å²) in [4.78, 5) is 25.4.